The molecule has 1 unspecified atom stereocenters. The van der Waals surface area contributed by atoms with Crippen LogP contribution in [0.5, 0.6) is 5.75 Å². The minimum Gasteiger partial charge on any atom is -0.480 e. The van der Waals surface area contributed by atoms with Crippen molar-refractivity contribution in [2.45, 2.75) is 39.8 Å². The van der Waals surface area contributed by atoms with Gasteiger partial charge in [-0.25, -0.2) is 0 Å². The van der Waals surface area contributed by atoms with Crippen molar-refractivity contribution in [2.24, 2.45) is 0 Å². The summed E-state index contributed by atoms with van der Waals surface area (Å²) in [6.45, 7) is 6.39. The summed E-state index contributed by atoms with van der Waals surface area (Å²) < 4.78 is 5.91. The summed E-state index contributed by atoms with van der Waals surface area (Å²) in [4.78, 5) is 12.4. The molecule has 0 heterocycles. The number of carbonyl (C=O) groups excluding carboxylic acids is 1. The van der Waals surface area contributed by atoms with Crippen LogP contribution in [0.25, 0.3) is 0 Å². The van der Waals surface area contributed by atoms with Crippen molar-refractivity contribution in [1.29, 1.82) is 0 Å². The van der Waals surface area contributed by atoms with Crippen LogP contribution in [0.1, 0.15) is 30.0 Å². The van der Waals surface area contributed by atoms with E-state index in [4.69, 9.17) is 16.3 Å². The third-order valence-corrected chi connectivity index (χ3v) is 3.91. The smallest absolute Gasteiger partial charge is 0.261 e. The number of aryl methyl sites for hydroxylation is 2. The number of benzene rings is 2. The summed E-state index contributed by atoms with van der Waals surface area (Å²) in [5, 5.41) is 3.60. The Kier molecular flexibility index (Phi) is 6.05. The molecule has 122 valence electrons. The van der Waals surface area contributed by atoms with Crippen LogP contribution in [0, 0.1) is 13.8 Å². The second kappa shape index (κ2) is 8.02. The molecule has 2 rings (SSSR count). The van der Waals surface area contributed by atoms with E-state index in [1.807, 2.05) is 63.2 Å². The zero-order valence-electron chi connectivity index (χ0n) is 13.7. The van der Waals surface area contributed by atoms with E-state index < -0.39 is 6.10 Å². The minimum atomic E-state index is -0.497. The van der Waals surface area contributed by atoms with E-state index in [1.54, 1.807) is 0 Å². The first-order chi connectivity index (χ1) is 11.0. The molecule has 23 heavy (non-hydrogen) atoms. The molecule has 0 saturated heterocycles. The van der Waals surface area contributed by atoms with Crippen LogP contribution in [-0.2, 0) is 11.3 Å². The van der Waals surface area contributed by atoms with Crippen LogP contribution in [0.2, 0.25) is 5.02 Å². The molecular weight excluding hydrogens is 310 g/mol. The SMILES string of the molecule is CCC(Oc1cc(C)ccc1C)C(=O)NCc1ccc(Cl)cc1. The van der Waals surface area contributed by atoms with Gasteiger partial charge in [-0.2, -0.15) is 0 Å². The molecule has 0 bridgehead atoms. The number of hydrogen-bond acceptors (Lipinski definition) is 2. The summed E-state index contributed by atoms with van der Waals surface area (Å²) in [5.74, 6) is 0.654. The molecule has 3 nitrogen and oxygen atoms in total. The molecule has 1 amide bonds. The van der Waals surface area contributed by atoms with Crippen LogP contribution in [-0.4, -0.2) is 12.0 Å². The molecule has 0 aliphatic rings. The maximum Gasteiger partial charge on any atom is 0.261 e. The maximum absolute atomic E-state index is 12.4. The lowest BCUT2D eigenvalue weighted by atomic mass is 10.1. The zero-order chi connectivity index (χ0) is 16.8. The molecule has 0 fully saturated rings. The van der Waals surface area contributed by atoms with E-state index in [9.17, 15) is 4.79 Å². The lowest BCUT2D eigenvalue weighted by Gasteiger charge is -2.19. The summed E-state index contributed by atoms with van der Waals surface area (Å²) in [6.07, 6.45) is 0.114. The quantitative estimate of drug-likeness (QED) is 0.850. The fourth-order valence-electron chi connectivity index (χ4n) is 2.22. The van der Waals surface area contributed by atoms with Crippen molar-refractivity contribution < 1.29 is 9.53 Å². The van der Waals surface area contributed by atoms with Gasteiger partial charge in [-0.15, -0.1) is 0 Å². The maximum atomic E-state index is 12.4. The Balaban J connectivity index is 1.98. The van der Waals surface area contributed by atoms with Gasteiger partial charge >= 0.3 is 0 Å². The Morgan fingerprint density at radius 1 is 1.17 bits per heavy atom. The number of nitrogens with one attached hydrogen (secondary N) is 1. The van der Waals surface area contributed by atoms with Gasteiger partial charge in [0.15, 0.2) is 6.10 Å². The Hall–Kier alpha value is -2.00. The zero-order valence-corrected chi connectivity index (χ0v) is 14.5. The monoisotopic (exact) mass is 331 g/mol. The van der Waals surface area contributed by atoms with Crippen molar-refractivity contribution in [3.05, 3.63) is 64.2 Å². The number of amides is 1. The van der Waals surface area contributed by atoms with Crippen molar-refractivity contribution in [2.75, 3.05) is 0 Å². The first-order valence-corrected chi connectivity index (χ1v) is 8.13. The summed E-state index contributed by atoms with van der Waals surface area (Å²) in [5.41, 5.74) is 3.14. The fraction of sp³-hybridized carbons (Fsp3) is 0.316. The largest absolute Gasteiger partial charge is 0.480 e. The molecule has 2 aromatic carbocycles. The summed E-state index contributed by atoms with van der Waals surface area (Å²) in [6, 6.07) is 13.4. The van der Waals surface area contributed by atoms with Gasteiger partial charge in [0.2, 0.25) is 0 Å². The molecule has 0 saturated carbocycles. The van der Waals surface area contributed by atoms with Crippen molar-refractivity contribution in [1.82, 2.24) is 5.32 Å². The molecule has 1 N–H and O–H groups in total. The van der Waals surface area contributed by atoms with E-state index in [0.29, 0.717) is 18.0 Å². The van der Waals surface area contributed by atoms with Crippen molar-refractivity contribution in [3.8, 4) is 5.75 Å². The van der Waals surface area contributed by atoms with Gasteiger partial charge < -0.3 is 10.1 Å². The van der Waals surface area contributed by atoms with Crippen LogP contribution in [0.15, 0.2) is 42.5 Å². The lowest BCUT2D eigenvalue weighted by Crippen LogP contribution is -2.37. The number of carbonyl (C=O) groups is 1. The third-order valence-electron chi connectivity index (χ3n) is 3.66. The molecule has 0 spiro atoms. The second-order valence-electron chi connectivity index (χ2n) is 5.63. The molecule has 2 aromatic rings. The van der Waals surface area contributed by atoms with E-state index in [-0.39, 0.29) is 5.91 Å². The number of halogens is 1. The van der Waals surface area contributed by atoms with E-state index in [0.717, 1.165) is 22.4 Å². The van der Waals surface area contributed by atoms with Gasteiger partial charge in [0, 0.05) is 11.6 Å². The highest BCUT2D eigenvalue weighted by Crippen LogP contribution is 2.21. The summed E-state index contributed by atoms with van der Waals surface area (Å²) in [7, 11) is 0. The number of hydrogen-bond donors (Lipinski definition) is 1. The predicted octanol–water partition coefficient (Wildman–Crippen LogP) is 4.43. The highest BCUT2D eigenvalue weighted by molar-refractivity contribution is 6.30. The van der Waals surface area contributed by atoms with Gasteiger partial charge in [-0.3, -0.25) is 4.79 Å². The van der Waals surface area contributed by atoms with Crippen LogP contribution >= 0.6 is 11.6 Å². The lowest BCUT2D eigenvalue weighted by molar-refractivity contribution is -0.128. The standard InChI is InChI=1S/C19H22ClNO2/c1-4-17(23-18-11-13(2)5-6-14(18)3)19(22)21-12-15-7-9-16(20)10-8-15/h5-11,17H,4,12H2,1-3H3,(H,21,22). The highest BCUT2D eigenvalue weighted by atomic mass is 35.5. The van der Waals surface area contributed by atoms with Gasteiger partial charge in [0.05, 0.1) is 0 Å². The average Bonchev–Trinajstić information content (AvgIpc) is 2.54. The van der Waals surface area contributed by atoms with Gasteiger partial charge in [0.1, 0.15) is 5.75 Å². The van der Waals surface area contributed by atoms with Crippen LogP contribution < -0.4 is 10.1 Å². The van der Waals surface area contributed by atoms with Gasteiger partial charge in [-0.1, -0.05) is 42.8 Å². The number of rotatable bonds is 6. The normalized spacial score (nSPS) is 11.8. The van der Waals surface area contributed by atoms with Crippen LogP contribution in [0.4, 0.5) is 0 Å². The Morgan fingerprint density at radius 3 is 2.52 bits per heavy atom. The highest BCUT2D eigenvalue weighted by Gasteiger charge is 2.18. The molecule has 0 aliphatic heterocycles. The van der Waals surface area contributed by atoms with Gasteiger partial charge in [-0.05, 0) is 55.2 Å². The van der Waals surface area contributed by atoms with Crippen molar-refractivity contribution >= 4 is 17.5 Å². The van der Waals surface area contributed by atoms with E-state index >= 15 is 0 Å². The minimum absolute atomic E-state index is 0.108. The molecule has 0 aromatic heterocycles. The van der Waals surface area contributed by atoms with Crippen LogP contribution in [0.3, 0.4) is 0 Å². The Labute approximate surface area is 142 Å². The third kappa shape index (κ3) is 5.00. The van der Waals surface area contributed by atoms with E-state index in [1.165, 1.54) is 0 Å². The summed E-state index contributed by atoms with van der Waals surface area (Å²) >= 11 is 5.86. The predicted molar refractivity (Wildman–Crippen MR) is 93.9 cm³/mol. The molecule has 0 radical (unpaired) electrons. The fourth-order valence-corrected chi connectivity index (χ4v) is 2.34. The molecule has 1 atom stereocenters. The molecule has 0 aliphatic carbocycles. The Bertz CT molecular complexity index is 668. The number of ether oxygens (including phenoxy) is 1. The first-order valence-electron chi connectivity index (χ1n) is 7.75. The topological polar surface area (TPSA) is 38.3 Å². The van der Waals surface area contributed by atoms with E-state index in [2.05, 4.69) is 5.32 Å². The second-order valence-corrected chi connectivity index (χ2v) is 6.06. The molecular formula is C19H22ClNO2. The first kappa shape index (κ1) is 17.4. The van der Waals surface area contributed by atoms with Gasteiger partial charge in [0.25, 0.3) is 5.91 Å². The Morgan fingerprint density at radius 2 is 1.87 bits per heavy atom. The molecule has 4 heteroatoms. The van der Waals surface area contributed by atoms with Crippen molar-refractivity contribution in [3.63, 3.8) is 0 Å². The average molecular weight is 332 g/mol.